The molecule has 1 amide bonds. The van der Waals surface area contributed by atoms with E-state index < -0.39 is 0 Å². The van der Waals surface area contributed by atoms with Gasteiger partial charge < -0.3 is 10.6 Å². The number of carbonyl (C=O) groups excluding carboxylic acids is 1. The van der Waals surface area contributed by atoms with Gasteiger partial charge in [-0.25, -0.2) is 0 Å². The van der Waals surface area contributed by atoms with Gasteiger partial charge in [-0.15, -0.1) is 0 Å². The number of aryl methyl sites for hydroxylation is 2. The van der Waals surface area contributed by atoms with Crippen molar-refractivity contribution in [2.24, 2.45) is 0 Å². The molecule has 0 saturated heterocycles. The van der Waals surface area contributed by atoms with Gasteiger partial charge in [0.05, 0.1) is 0 Å². The summed E-state index contributed by atoms with van der Waals surface area (Å²) in [5, 5.41) is 6.37. The lowest BCUT2D eigenvalue weighted by molar-refractivity contribution is 0.102. The molecule has 2 N–H and O–H groups in total. The molecule has 3 rings (SSSR count). The second-order valence-corrected chi connectivity index (χ2v) is 5.68. The Bertz CT molecular complexity index is 692. The Balaban J connectivity index is 1.83. The topological polar surface area (TPSA) is 41.1 Å². The van der Waals surface area contributed by atoms with Crippen molar-refractivity contribution < 1.29 is 4.79 Å². The van der Waals surface area contributed by atoms with Crippen LogP contribution in [-0.4, -0.2) is 12.5 Å². The maximum Gasteiger partial charge on any atom is 0.255 e. The summed E-state index contributed by atoms with van der Waals surface area (Å²) >= 11 is 0. The highest BCUT2D eigenvalue weighted by Crippen LogP contribution is 2.20. The predicted octanol–water partition coefficient (Wildman–Crippen LogP) is 3.20. The number of benzene rings is 2. The Labute approximate surface area is 125 Å². The van der Waals surface area contributed by atoms with Crippen LogP contribution < -0.4 is 10.6 Å². The molecule has 3 heteroatoms. The largest absolute Gasteiger partial charge is 0.322 e. The van der Waals surface area contributed by atoms with Gasteiger partial charge in [-0.05, 0) is 61.7 Å². The van der Waals surface area contributed by atoms with Crippen molar-refractivity contribution in [1.29, 1.82) is 0 Å². The van der Waals surface area contributed by atoms with Gasteiger partial charge in [-0.1, -0.05) is 23.8 Å². The van der Waals surface area contributed by atoms with Gasteiger partial charge in [0.1, 0.15) is 0 Å². The molecule has 2 aromatic carbocycles. The van der Waals surface area contributed by atoms with Crippen molar-refractivity contribution in [3.63, 3.8) is 0 Å². The quantitative estimate of drug-likeness (QED) is 0.887. The molecule has 0 aliphatic carbocycles. The molecule has 1 aliphatic heterocycles. The summed E-state index contributed by atoms with van der Waals surface area (Å²) in [6.45, 7) is 5.87. The van der Waals surface area contributed by atoms with E-state index in [-0.39, 0.29) is 5.91 Å². The monoisotopic (exact) mass is 280 g/mol. The molecule has 0 atom stereocenters. The van der Waals surface area contributed by atoms with Crippen LogP contribution >= 0.6 is 0 Å². The number of carbonyl (C=O) groups is 1. The molecule has 3 nitrogen and oxygen atoms in total. The van der Waals surface area contributed by atoms with E-state index in [0.717, 1.165) is 41.9 Å². The first-order chi connectivity index (χ1) is 10.1. The lowest BCUT2D eigenvalue weighted by atomic mass is 10.00. The van der Waals surface area contributed by atoms with Crippen molar-refractivity contribution in [3.8, 4) is 0 Å². The fraction of sp³-hybridized carbons (Fsp3) is 0.278. The number of nitrogens with one attached hydrogen (secondary N) is 2. The van der Waals surface area contributed by atoms with Crippen molar-refractivity contribution >= 4 is 11.6 Å². The lowest BCUT2D eigenvalue weighted by Crippen LogP contribution is -2.23. The van der Waals surface area contributed by atoms with E-state index in [1.807, 2.05) is 38.1 Å². The van der Waals surface area contributed by atoms with Crippen LogP contribution in [0.4, 0.5) is 5.69 Å². The van der Waals surface area contributed by atoms with Crippen molar-refractivity contribution in [3.05, 3.63) is 64.2 Å². The first kappa shape index (κ1) is 13.8. The molecule has 0 fully saturated rings. The van der Waals surface area contributed by atoms with E-state index in [4.69, 9.17) is 0 Å². The minimum Gasteiger partial charge on any atom is -0.322 e. The molecule has 0 unspecified atom stereocenters. The summed E-state index contributed by atoms with van der Waals surface area (Å²) in [5.41, 5.74) is 6.35. The fourth-order valence-electron chi connectivity index (χ4n) is 2.74. The van der Waals surface area contributed by atoms with Gasteiger partial charge in [0.2, 0.25) is 0 Å². The van der Waals surface area contributed by atoms with Crippen LogP contribution in [0.3, 0.4) is 0 Å². The fourth-order valence-corrected chi connectivity index (χ4v) is 2.74. The summed E-state index contributed by atoms with van der Waals surface area (Å²) in [5.74, 6) is -0.0417. The first-order valence-electron chi connectivity index (χ1n) is 7.34. The minimum absolute atomic E-state index is 0.0417. The number of hydrogen-bond acceptors (Lipinski definition) is 2. The lowest BCUT2D eigenvalue weighted by Gasteiger charge is -2.18. The van der Waals surface area contributed by atoms with Crippen LogP contribution in [0, 0.1) is 13.8 Å². The van der Waals surface area contributed by atoms with Gasteiger partial charge >= 0.3 is 0 Å². The molecular formula is C18H20N2O. The highest BCUT2D eigenvalue weighted by atomic mass is 16.1. The highest BCUT2D eigenvalue weighted by Gasteiger charge is 2.12. The third kappa shape index (κ3) is 2.98. The molecule has 0 radical (unpaired) electrons. The molecule has 0 saturated carbocycles. The standard InChI is InChI=1S/C18H20N2O/c1-12-3-4-13(2)17(9-12)18(21)20-16-6-5-14-7-8-19-11-15(14)10-16/h3-6,9-10,19H,7-8,11H2,1-2H3,(H,20,21). The van der Waals surface area contributed by atoms with Crippen LogP contribution in [0.2, 0.25) is 0 Å². The number of fused-ring (bicyclic) bond motifs is 1. The van der Waals surface area contributed by atoms with Gasteiger partial charge in [0.25, 0.3) is 5.91 Å². The Kier molecular flexibility index (Phi) is 3.76. The number of rotatable bonds is 2. The summed E-state index contributed by atoms with van der Waals surface area (Å²) < 4.78 is 0. The van der Waals surface area contributed by atoms with Crippen LogP contribution in [0.1, 0.15) is 32.6 Å². The zero-order chi connectivity index (χ0) is 14.8. The maximum absolute atomic E-state index is 12.4. The number of hydrogen-bond donors (Lipinski definition) is 2. The average molecular weight is 280 g/mol. The molecule has 0 spiro atoms. The van der Waals surface area contributed by atoms with Crippen LogP contribution in [0.15, 0.2) is 36.4 Å². The summed E-state index contributed by atoms with van der Waals surface area (Å²) in [7, 11) is 0. The van der Waals surface area contributed by atoms with E-state index in [1.54, 1.807) is 0 Å². The summed E-state index contributed by atoms with van der Waals surface area (Å²) in [6, 6.07) is 12.1. The maximum atomic E-state index is 12.4. The Hall–Kier alpha value is -2.13. The van der Waals surface area contributed by atoms with E-state index >= 15 is 0 Å². The molecule has 108 valence electrons. The van der Waals surface area contributed by atoms with Crippen molar-refractivity contribution in [1.82, 2.24) is 5.32 Å². The van der Waals surface area contributed by atoms with E-state index in [2.05, 4.69) is 22.8 Å². The molecule has 1 heterocycles. The molecular weight excluding hydrogens is 260 g/mol. The zero-order valence-corrected chi connectivity index (χ0v) is 12.5. The van der Waals surface area contributed by atoms with E-state index in [0.29, 0.717) is 0 Å². The molecule has 21 heavy (non-hydrogen) atoms. The normalized spacial score (nSPS) is 13.6. The Morgan fingerprint density at radius 2 is 1.95 bits per heavy atom. The third-order valence-electron chi connectivity index (χ3n) is 3.99. The minimum atomic E-state index is -0.0417. The molecule has 1 aliphatic rings. The third-order valence-corrected chi connectivity index (χ3v) is 3.99. The highest BCUT2D eigenvalue weighted by molar-refractivity contribution is 6.05. The second kappa shape index (κ2) is 5.70. The van der Waals surface area contributed by atoms with Crippen LogP contribution in [0.5, 0.6) is 0 Å². The van der Waals surface area contributed by atoms with E-state index in [9.17, 15) is 4.79 Å². The predicted molar refractivity (Wildman–Crippen MR) is 85.7 cm³/mol. The summed E-state index contributed by atoms with van der Waals surface area (Å²) in [6.07, 6.45) is 1.06. The SMILES string of the molecule is Cc1ccc(C)c(C(=O)Nc2ccc3c(c2)CNCC3)c1. The van der Waals surface area contributed by atoms with Gasteiger partial charge in [-0.2, -0.15) is 0 Å². The first-order valence-corrected chi connectivity index (χ1v) is 7.34. The second-order valence-electron chi connectivity index (χ2n) is 5.68. The zero-order valence-electron chi connectivity index (χ0n) is 12.5. The Morgan fingerprint density at radius 1 is 1.10 bits per heavy atom. The Morgan fingerprint density at radius 3 is 2.81 bits per heavy atom. The van der Waals surface area contributed by atoms with Crippen LogP contribution in [0.25, 0.3) is 0 Å². The summed E-state index contributed by atoms with van der Waals surface area (Å²) in [4.78, 5) is 12.4. The van der Waals surface area contributed by atoms with E-state index in [1.165, 1.54) is 11.1 Å². The molecule has 0 bridgehead atoms. The van der Waals surface area contributed by atoms with Crippen LogP contribution in [-0.2, 0) is 13.0 Å². The molecule has 0 aromatic heterocycles. The average Bonchev–Trinajstić information content (AvgIpc) is 2.49. The smallest absolute Gasteiger partial charge is 0.255 e. The number of amides is 1. The molecule has 2 aromatic rings. The van der Waals surface area contributed by atoms with Gasteiger partial charge in [-0.3, -0.25) is 4.79 Å². The van der Waals surface area contributed by atoms with Crippen molar-refractivity contribution in [2.45, 2.75) is 26.8 Å². The van der Waals surface area contributed by atoms with Gasteiger partial charge in [0, 0.05) is 17.8 Å². The van der Waals surface area contributed by atoms with Gasteiger partial charge in [0.15, 0.2) is 0 Å². The van der Waals surface area contributed by atoms with Crippen molar-refractivity contribution in [2.75, 3.05) is 11.9 Å². The number of anilines is 1.